The molecule has 0 aromatic heterocycles. The molecule has 0 saturated heterocycles. The van der Waals surface area contributed by atoms with E-state index in [1.165, 1.54) is 0 Å². The van der Waals surface area contributed by atoms with Crippen molar-refractivity contribution in [2.75, 3.05) is 13.6 Å². The number of rotatable bonds is 4. The summed E-state index contributed by atoms with van der Waals surface area (Å²) >= 11 is 6.14. The van der Waals surface area contributed by atoms with Gasteiger partial charge in [0, 0.05) is 23.7 Å². The third-order valence-corrected chi connectivity index (χ3v) is 2.94. The molecule has 2 unspecified atom stereocenters. The van der Waals surface area contributed by atoms with E-state index in [-0.39, 0.29) is 6.04 Å². The van der Waals surface area contributed by atoms with E-state index < -0.39 is 0 Å². The molecule has 1 aromatic rings. The van der Waals surface area contributed by atoms with Crippen molar-refractivity contribution in [2.45, 2.75) is 25.9 Å². The highest BCUT2D eigenvalue weighted by Gasteiger charge is 2.14. The molecule has 0 aliphatic carbocycles. The van der Waals surface area contributed by atoms with Gasteiger partial charge in [-0.3, -0.25) is 4.90 Å². The smallest absolute Gasteiger partial charge is 0.0453 e. The van der Waals surface area contributed by atoms with Crippen molar-refractivity contribution >= 4 is 11.6 Å². The molecule has 0 bridgehead atoms. The lowest BCUT2D eigenvalue weighted by atomic mass is 10.1. The summed E-state index contributed by atoms with van der Waals surface area (Å²) in [5, 5.41) is 0.821. The Kier molecular flexibility index (Phi) is 4.58. The van der Waals surface area contributed by atoms with Gasteiger partial charge in [-0.05, 0) is 32.5 Å². The molecule has 0 spiro atoms. The van der Waals surface area contributed by atoms with Crippen LogP contribution in [0.15, 0.2) is 24.3 Å². The maximum Gasteiger partial charge on any atom is 0.0453 e. The van der Waals surface area contributed by atoms with Crippen LogP contribution in [0.25, 0.3) is 0 Å². The van der Waals surface area contributed by atoms with Crippen molar-refractivity contribution in [3.8, 4) is 0 Å². The van der Waals surface area contributed by atoms with Gasteiger partial charge in [-0.25, -0.2) is 0 Å². The molecular formula is C12H19ClN2. The molecule has 0 fully saturated rings. The molecule has 0 aliphatic heterocycles. The van der Waals surface area contributed by atoms with Gasteiger partial charge in [0.05, 0.1) is 0 Å². The number of nitrogens with zero attached hydrogens (tertiary/aromatic N) is 1. The molecule has 0 saturated carbocycles. The Labute approximate surface area is 97.0 Å². The van der Waals surface area contributed by atoms with Crippen LogP contribution in [0.5, 0.6) is 0 Å². The number of benzene rings is 1. The highest BCUT2D eigenvalue weighted by molar-refractivity contribution is 6.31. The molecule has 84 valence electrons. The minimum absolute atomic E-state index is 0.180. The van der Waals surface area contributed by atoms with Crippen LogP contribution in [0.3, 0.4) is 0 Å². The summed E-state index contributed by atoms with van der Waals surface area (Å²) in [5.41, 5.74) is 6.93. The second-order valence-corrected chi connectivity index (χ2v) is 4.52. The second kappa shape index (κ2) is 5.50. The summed E-state index contributed by atoms with van der Waals surface area (Å²) in [6, 6.07) is 8.42. The number of hydrogen-bond acceptors (Lipinski definition) is 2. The Balaban J connectivity index is 2.76. The molecule has 3 heteroatoms. The number of halogens is 1. The zero-order chi connectivity index (χ0) is 11.4. The third-order valence-electron chi connectivity index (χ3n) is 2.59. The predicted octanol–water partition coefficient (Wildman–Crippen LogP) is 2.68. The molecule has 0 heterocycles. The molecule has 2 N–H and O–H groups in total. The largest absolute Gasteiger partial charge is 0.327 e. The molecule has 15 heavy (non-hydrogen) atoms. The van der Waals surface area contributed by atoms with Crippen molar-refractivity contribution in [3.63, 3.8) is 0 Å². The standard InChI is InChI=1S/C12H19ClN2/c1-9(14)8-15(3)10(2)11-6-4-5-7-12(11)13/h4-7,9-10H,8,14H2,1-3H3. The van der Waals surface area contributed by atoms with Gasteiger partial charge in [0.25, 0.3) is 0 Å². The van der Waals surface area contributed by atoms with Gasteiger partial charge in [-0.15, -0.1) is 0 Å². The molecule has 2 atom stereocenters. The van der Waals surface area contributed by atoms with Gasteiger partial charge in [0.1, 0.15) is 0 Å². The Hall–Kier alpha value is -0.570. The first kappa shape index (κ1) is 12.5. The molecule has 1 aromatic carbocycles. The first-order valence-corrected chi connectivity index (χ1v) is 5.60. The van der Waals surface area contributed by atoms with Crippen molar-refractivity contribution in [2.24, 2.45) is 5.73 Å². The highest BCUT2D eigenvalue weighted by Crippen LogP contribution is 2.25. The van der Waals surface area contributed by atoms with Crippen LogP contribution in [0, 0.1) is 0 Å². The van der Waals surface area contributed by atoms with E-state index in [9.17, 15) is 0 Å². The van der Waals surface area contributed by atoms with Crippen LogP contribution in [-0.2, 0) is 0 Å². The van der Waals surface area contributed by atoms with Crippen LogP contribution in [0.1, 0.15) is 25.5 Å². The topological polar surface area (TPSA) is 29.3 Å². The van der Waals surface area contributed by atoms with Gasteiger partial charge in [0.15, 0.2) is 0 Å². The molecule has 1 rings (SSSR count). The molecule has 0 aliphatic rings. The zero-order valence-electron chi connectivity index (χ0n) is 9.57. The number of hydrogen-bond donors (Lipinski definition) is 1. The first-order chi connectivity index (χ1) is 7.02. The first-order valence-electron chi connectivity index (χ1n) is 5.22. The fourth-order valence-electron chi connectivity index (χ4n) is 1.66. The van der Waals surface area contributed by atoms with Crippen LogP contribution in [0.4, 0.5) is 0 Å². The lowest BCUT2D eigenvalue weighted by Crippen LogP contribution is -2.34. The van der Waals surface area contributed by atoms with Crippen molar-refractivity contribution in [1.29, 1.82) is 0 Å². The van der Waals surface area contributed by atoms with Gasteiger partial charge < -0.3 is 5.73 Å². The van der Waals surface area contributed by atoms with Crippen LogP contribution >= 0.6 is 11.6 Å². The van der Waals surface area contributed by atoms with E-state index in [1.54, 1.807) is 0 Å². The maximum absolute atomic E-state index is 6.14. The normalized spacial score (nSPS) is 15.3. The summed E-state index contributed by atoms with van der Waals surface area (Å²) in [7, 11) is 2.07. The minimum atomic E-state index is 0.180. The average molecular weight is 227 g/mol. The van der Waals surface area contributed by atoms with Crippen molar-refractivity contribution < 1.29 is 0 Å². The monoisotopic (exact) mass is 226 g/mol. The lowest BCUT2D eigenvalue weighted by molar-refractivity contribution is 0.249. The minimum Gasteiger partial charge on any atom is -0.327 e. The highest BCUT2D eigenvalue weighted by atomic mass is 35.5. The van der Waals surface area contributed by atoms with Gasteiger partial charge in [0.2, 0.25) is 0 Å². The van der Waals surface area contributed by atoms with Crippen molar-refractivity contribution in [3.05, 3.63) is 34.9 Å². The molecule has 0 amide bonds. The summed E-state index contributed by atoms with van der Waals surface area (Å²) in [4.78, 5) is 2.21. The fourth-order valence-corrected chi connectivity index (χ4v) is 1.96. The van der Waals surface area contributed by atoms with E-state index in [4.69, 9.17) is 17.3 Å². The van der Waals surface area contributed by atoms with Crippen molar-refractivity contribution in [1.82, 2.24) is 4.90 Å². The Bertz CT molecular complexity index is 312. The van der Waals surface area contributed by atoms with Gasteiger partial charge >= 0.3 is 0 Å². The number of likely N-dealkylation sites (N-methyl/N-ethyl adjacent to an activating group) is 1. The van der Waals surface area contributed by atoms with E-state index in [0.717, 1.165) is 17.1 Å². The Morgan fingerprint density at radius 1 is 1.33 bits per heavy atom. The summed E-state index contributed by atoms with van der Waals surface area (Å²) in [6.07, 6.45) is 0. The van der Waals surface area contributed by atoms with E-state index >= 15 is 0 Å². The molecule has 0 radical (unpaired) electrons. The van der Waals surface area contributed by atoms with Gasteiger partial charge in [-0.2, -0.15) is 0 Å². The van der Waals surface area contributed by atoms with E-state index in [0.29, 0.717) is 6.04 Å². The predicted molar refractivity (Wildman–Crippen MR) is 66.1 cm³/mol. The summed E-state index contributed by atoms with van der Waals surface area (Å²) in [6.45, 7) is 5.02. The number of nitrogens with two attached hydrogens (primary N) is 1. The molecule has 2 nitrogen and oxygen atoms in total. The fraction of sp³-hybridized carbons (Fsp3) is 0.500. The molecular weight excluding hydrogens is 208 g/mol. The second-order valence-electron chi connectivity index (χ2n) is 4.11. The Morgan fingerprint density at radius 3 is 2.47 bits per heavy atom. The lowest BCUT2D eigenvalue weighted by Gasteiger charge is -2.27. The Morgan fingerprint density at radius 2 is 1.93 bits per heavy atom. The summed E-state index contributed by atoms with van der Waals surface area (Å²) < 4.78 is 0. The third kappa shape index (κ3) is 3.49. The van der Waals surface area contributed by atoms with E-state index in [2.05, 4.69) is 24.9 Å². The summed E-state index contributed by atoms with van der Waals surface area (Å²) in [5.74, 6) is 0. The SMILES string of the molecule is CC(N)CN(C)C(C)c1ccccc1Cl. The average Bonchev–Trinajstić information content (AvgIpc) is 2.16. The van der Waals surface area contributed by atoms with Crippen LogP contribution in [0.2, 0.25) is 5.02 Å². The quantitative estimate of drug-likeness (QED) is 0.856. The zero-order valence-corrected chi connectivity index (χ0v) is 10.3. The van der Waals surface area contributed by atoms with Crippen LogP contribution < -0.4 is 5.73 Å². The maximum atomic E-state index is 6.14. The van der Waals surface area contributed by atoms with E-state index in [1.807, 2.05) is 25.1 Å². The van der Waals surface area contributed by atoms with Crippen LogP contribution in [-0.4, -0.2) is 24.5 Å². The van der Waals surface area contributed by atoms with Gasteiger partial charge in [-0.1, -0.05) is 29.8 Å².